The van der Waals surface area contributed by atoms with Gasteiger partial charge in [-0.3, -0.25) is 0 Å². The molecule has 1 aliphatic heterocycles. The van der Waals surface area contributed by atoms with E-state index < -0.39 is 15.3 Å². The Morgan fingerprint density at radius 3 is 2.59 bits per heavy atom. The van der Waals surface area contributed by atoms with E-state index >= 15 is 0 Å². The van der Waals surface area contributed by atoms with Crippen LogP contribution >= 0.6 is 12.2 Å². The molecule has 1 saturated heterocycles. The Bertz CT molecular complexity index is 383. The number of nitrogens with two attached hydrogens (primary N) is 1. The molecule has 1 rings (SSSR count). The highest BCUT2D eigenvalue weighted by Gasteiger charge is 2.35. The molecule has 1 fully saturated rings. The lowest BCUT2D eigenvalue weighted by Gasteiger charge is -2.29. The van der Waals surface area contributed by atoms with Gasteiger partial charge in [-0.15, -0.1) is 0 Å². The Morgan fingerprint density at radius 1 is 1.47 bits per heavy atom. The molecule has 5 nitrogen and oxygen atoms in total. The minimum Gasteiger partial charge on any atom is -0.392 e. The molecule has 0 aromatic heterocycles. The molecule has 7 heteroatoms. The third kappa shape index (κ3) is 3.37. The summed E-state index contributed by atoms with van der Waals surface area (Å²) in [4.78, 5) is 2.18. The van der Waals surface area contributed by atoms with Gasteiger partial charge in [0, 0.05) is 19.1 Å². The maximum absolute atomic E-state index is 12.3. The van der Waals surface area contributed by atoms with Crippen molar-refractivity contribution in [3.8, 4) is 0 Å². The Labute approximate surface area is 109 Å². The summed E-state index contributed by atoms with van der Waals surface area (Å²) in [5.41, 5.74) is 5.46. The maximum Gasteiger partial charge on any atom is 0.223 e. The zero-order valence-electron chi connectivity index (χ0n) is 10.6. The largest absolute Gasteiger partial charge is 0.392 e. The van der Waals surface area contributed by atoms with Gasteiger partial charge in [-0.25, -0.2) is 8.42 Å². The van der Waals surface area contributed by atoms with E-state index in [1.165, 1.54) is 0 Å². The average molecular weight is 279 g/mol. The van der Waals surface area contributed by atoms with Crippen molar-refractivity contribution < 1.29 is 8.42 Å². The molecule has 0 spiro atoms. The van der Waals surface area contributed by atoms with Crippen LogP contribution in [0.15, 0.2) is 0 Å². The molecule has 17 heavy (non-hydrogen) atoms. The van der Waals surface area contributed by atoms with Crippen molar-refractivity contribution in [2.24, 2.45) is 5.73 Å². The second kappa shape index (κ2) is 5.60. The van der Waals surface area contributed by atoms with Gasteiger partial charge in [0.15, 0.2) is 0 Å². The van der Waals surface area contributed by atoms with Gasteiger partial charge < -0.3 is 10.6 Å². The molecule has 0 aliphatic carbocycles. The van der Waals surface area contributed by atoms with Gasteiger partial charge in [0.1, 0.15) is 5.25 Å². The van der Waals surface area contributed by atoms with E-state index in [9.17, 15) is 8.42 Å². The number of thiocarbonyl (C=S) groups is 1. The Hall–Kier alpha value is -0.240. The fourth-order valence-corrected chi connectivity index (χ4v) is 4.09. The quantitative estimate of drug-likeness (QED) is 0.738. The van der Waals surface area contributed by atoms with Crippen LogP contribution in [0.25, 0.3) is 0 Å². The Kier molecular flexibility index (Phi) is 4.88. The van der Waals surface area contributed by atoms with Crippen molar-refractivity contribution in [3.63, 3.8) is 0 Å². The standard InChI is InChI=1S/C10H21N3O2S2/c1-8-7-12(3)5-4-6-13(8)17(14,15)9(2)10(11)16/h8-9H,4-7H2,1-3H3,(H2,11,16). The van der Waals surface area contributed by atoms with E-state index in [0.717, 1.165) is 19.5 Å². The first-order valence-electron chi connectivity index (χ1n) is 5.75. The molecule has 1 aliphatic rings. The van der Waals surface area contributed by atoms with Crippen LogP contribution in [0.2, 0.25) is 0 Å². The highest BCUT2D eigenvalue weighted by molar-refractivity contribution is 7.92. The minimum atomic E-state index is -3.42. The zero-order chi connectivity index (χ0) is 13.2. The van der Waals surface area contributed by atoms with Crippen molar-refractivity contribution in [2.45, 2.75) is 31.6 Å². The Balaban J connectivity index is 2.93. The summed E-state index contributed by atoms with van der Waals surface area (Å²) in [6, 6.07) is -0.0377. The second-order valence-electron chi connectivity index (χ2n) is 4.67. The van der Waals surface area contributed by atoms with Crippen molar-refractivity contribution in [1.82, 2.24) is 9.21 Å². The predicted octanol–water partition coefficient (Wildman–Crippen LogP) is 0.0168. The van der Waals surface area contributed by atoms with Crippen molar-refractivity contribution in [1.29, 1.82) is 0 Å². The normalized spacial score (nSPS) is 26.4. The van der Waals surface area contributed by atoms with Crippen LogP contribution in [-0.2, 0) is 10.0 Å². The van der Waals surface area contributed by atoms with E-state index in [0.29, 0.717) is 6.54 Å². The van der Waals surface area contributed by atoms with Gasteiger partial charge in [0.2, 0.25) is 10.0 Å². The smallest absolute Gasteiger partial charge is 0.223 e. The monoisotopic (exact) mass is 279 g/mol. The highest BCUT2D eigenvalue weighted by Crippen LogP contribution is 2.17. The topological polar surface area (TPSA) is 66.6 Å². The van der Waals surface area contributed by atoms with Crippen LogP contribution in [0.3, 0.4) is 0 Å². The molecular weight excluding hydrogens is 258 g/mol. The van der Waals surface area contributed by atoms with Gasteiger partial charge in [-0.05, 0) is 33.9 Å². The number of hydrogen-bond donors (Lipinski definition) is 1. The van der Waals surface area contributed by atoms with Crippen LogP contribution < -0.4 is 5.73 Å². The summed E-state index contributed by atoms with van der Waals surface area (Å²) in [6.45, 7) is 5.67. The SMILES string of the molecule is CC1CN(C)CCCN1S(=O)(=O)C(C)C(N)=S. The first-order chi connectivity index (χ1) is 7.76. The van der Waals surface area contributed by atoms with Crippen LogP contribution in [0.4, 0.5) is 0 Å². The lowest BCUT2D eigenvalue weighted by atomic mass is 10.3. The third-order valence-electron chi connectivity index (χ3n) is 3.16. The number of hydrogen-bond acceptors (Lipinski definition) is 4. The van der Waals surface area contributed by atoms with Crippen LogP contribution in [0.5, 0.6) is 0 Å². The lowest BCUT2D eigenvalue weighted by Crippen LogP contribution is -2.48. The molecule has 0 bridgehead atoms. The molecule has 2 unspecified atom stereocenters. The van der Waals surface area contributed by atoms with E-state index in [1.807, 2.05) is 14.0 Å². The summed E-state index contributed by atoms with van der Waals surface area (Å²) in [5, 5.41) is -0.789. The summed E-state index contributed by atoms with van der Waals surface area (Å²) >= 11 is 4.79. The molecule has 0 amide bonds. The van der Waals surface area contributed by atoms with E-state index in [4.69, 9.17) is 18.0 Å². The fourth-order valence-electron chi connectivity index (χ4n) is 2.08. The van der Waals surface area contributed by atoms with Gasteiger partial charge in [-0.1, -0.05) is 12.2 Å². The molecule has 0 radical (unpaired) electrons. The molecular formula is C10H21N3O2S2. The van der Waals surface area contributed by atoms with Crippen molar-refractivity contribution >= 4 is 27.2 Å². The van der Waals surface area contributed by atoms with E-state index in [2.05, 4.69) is 4.90 Å². The fraction of sp³-hybridized carbons (Fsp3) is 0.900. The maximum atomic E-state index is 12.3. The van der Waals surface area contributed by atoms with Crippen LogP contribution in [-0.4, -0.2) is 60.6 Å². The molecule has 2 N–H and O–H groups in total. The number of sulfonamides is 1. The minimum absolute atomic E-state index is 0.0369. The van der Waals surface area contributed by atoms with Crippen LogP contribution in [0.1, 0.15) is 20.3 Å². The molecule has 2 atom stereocenters. The number of rotatable bonds is 3. The van der Waals surface area contributed by atoms with Crippen molar-refractivity contribution in [3.05, 3.63) is 0 Å². The summed E-state index contributed by atoms with van der Waals surface area (Å²) < 4.78 is 26.2. The summed E-state index contributed by atoms with van der Waals surface area (Å²) in [6.07, 6.45) is 0.837. The van der Waals surface area contributed by atoms with Gasteiger partial charge in [0.25, 0.3) is 0 Å². The van der Waals surface area contributed by atoms with Gasteiger partial charge in [0.05, 0.1) is 4.99 Å². The first kappa shape index (κ1) is 14.8. The summed E-state index contributed by atoms with van der Waals surface area (Å²) in [5.74, 6) is 0. The van der Waals surface area contributed by atoms with E-state index in [-0.39, 0.29) is 11.0 Å². The lowest BCUT2D eigenvalue weighted by molar-refractivity contribution is 0.290. The molecule has 0 aromatic rings. The van der Waals surface area contributed by atoms with E-state index in [1.54, 1.807) is 11.2 Å². The van der Waals surface area contributed by atoms with Crippen molar-refractivity contribution in [2.75, 3.05) is 26.7 Å². The molecule has 0 saturated carbocycles. The van der Waals surface area contributed by atoms with Gasteiger partial charge >= 0.3 is 0 Å². The highest BCUT2D eigenvalue weighted by atomic mass is 32.2. The number of nitrogens with zero attached hydrogens (tertiary/aromatic N) is 2. The molecule has 0 aromatic carbocycles. The third-order valence-corrected chi connectivity index (χ3v) is 6.01. The Morgan fingerprint density at radius 2 is 2.06 bits per heavy atom. The second-order valence-corrected chi connectivity index (χ2v) is 7.34. The molecule has 100 valence electrons. The first-order valence-corrected chi connectivity index (χ1v) is 7.66. The van der Waals surface area contributed by atoms with Gasteiger partial charge in [-0.2, -0.15) is 4.31 Å². The van der Waals surface area contributed by atoms with Crippen LogP contribution in [0, 0.1) is 0 Å². The predicted molar refractivity (Wildman–Crippen MR) is 73.4 cm³/mol. The number of likely N-dealkylation sites (N-methyl/N-ethyl adjacent to an activating group) is 1. The average Bonchev–Trinajstić information content (AvgIpc) is 2.38. The summed E-state index contributed by atoms with van der Waals surface area (Å²) in [7, 11) is -1.41. The zero-order valence-corrected chi connectivity index (χ0v) is 12.2. The molecule has 1 heterocycles.